The van der Waals surface area contributed by atoms with E-state index in [1.54, 1.807) is 0 Å². The Bertz CT molecular complexity index is 602. The normalized spacial score (nSPS) is 34.7. The molecule has 0 saturated carbocycles. The van der Waals surface area contributed by atoms with Gasteiger partial charge in [-0.05, 0) is 6.92 Å². The predicted octanol–water partition coefficient (Wildman–Crippen LogP) is -0.953. The first kappa shape index (κ1) is 14.3. The topological polar surface area (TPSA) is 108 Å². The third kappa shape index (κ3) is 2.23. The SMILES string of the molecule is C[C@]1(CO)O[C@@H](n2cc(F)c(=S)[nH]c2=O)[C@@H](O)[C@H]1O. The van der Waals surface area contributed by atoms with Gasteiger partial charge in [0.15, 0.2) is 12.0 Å². The maximum Gasteiger partial charge on any atom is 0.328 e. The maximum absolute atomic E-state index is 13.4. The van der Waals surface area contributed by atoms with Crippen LogP contribution in [-0.4, -0.2) is 49.3 Å². The van der Waals surface area contributed by atoms with Crippen LogP contribution >= 0.6 is 12.2 Å². The van der Waals surface area contributed by atoms with Crippen LogP contribution < -0.4 is 5.69 Å². The third-order valence-corrected chi connectivity index (χ3v) is 3.44. The van der Waals surface area contributed by atoms with Crippen molar-refractivity contribution in [3.05, 3.63) is 27.1 Å². The van der Waals surface area contributed by atoms with Crippen molar-refractivity contribution < 1.29 is 24.4 Å². The molecule has 0 spiro atoms. The predicted molar refractivity (Wildman–Crippen MR) is 63.5 cm³/mol. The van der Waals surface area contributed by atoms with Gasteiger partial charge in [-0.1, -0.05) is 12.2 Å². The quantitative estimate of drug-likeness (QED) is 0.523. The Labute approximate surface area is 111 Å². The molecule has 0 aliphatic carbocycles. The molecule has 0 unspecified atom stereocenters. The van der Waals surface area contributed by atoms with E-state index in [0.29, 0.717) is 0 Å². The number of ether oxygens (including phenoxy) is 1. The van der Waals surface area contributed by atoms with Crippen LogP contribution in [0.3, 0.4) is 0 Å². The monoisotopic (exact) mass is 292 g/mol. The molecule has 2 rings (SSSR count). The third-order valence-electron chi connectivity index (χ3n) is 3.14. The van der Waals surface area contributed by atoms with Crippen molar-refractivity contribution in [1.29, 1.82) is 0 Å². The van der Waals surface area contributed by atoms with Gasteiger partial charge in [0.05, 0.1) is 12.8 Å². The van der Waals surface area contributed by atoms with Gasteiger partial charge in [-0.2, -0.15) is 0 Å². The van der Waals surface area contributed by atoms with Crippen LogP contribution in [-0.2, 0) is 4.74 Å². The molecule has 1 aliphatic rings. The van der Waals surface area contributed by atoms with Crippen molar-refractivity contribution in [2.24, 2.45) is 0 Å². The standard InChI is InChI=1S/C10H13FN2O5S/c1-10(3-14)6(16)5(15)8(18-10)13-2-4(11)7(19)12-9(13)17/h2,5-6,8,14-16H,3H2,1H3,(H,12,17,19)/t5-,6+,8+,10+/m0/s1. The van der Waals surface area contributed by atoms with Gasteiger partial charge in [-0.15, -0.1) is 0 Å². The van der Waals surface area contributed by atoms with E-state index in [2.05, 4.69) is 17.2 Å². The average Bonchev–Trinajstić information content (AvgIpc) is 2.59. The second-order valence-electron chi connectivity index (χ2n) is 4.56. The molecule has 9 heteroatoms. The van der Waals surface area contributed by atoms with E-state index in [9.17, 15) is 19.4 Å². The highest BCUT2D eigenvalue weighted by Gasteiger charge is 2.51. The lowest BCUT2D eigenvalue weighted by Gasteiger charge is -2.24. The van der Waals surface area contributed by atoms with Crippen molar-refractivity contribution >= 4 is 12.2 Å². The minimum absolute atomic E-state index is 0.362. The van der Waals surface area contributed by atoms with Crippen LogP contribution in [0.4, 0.5) is 4.39 Å². The second-order valence-corrected chi connectivity index (χ2v) is 4.97. The van der Waals surface area contributed by atoms with E-state index in [-0.39, 0.29) is 4.64 Å². The Morgan fingerprint density at radius 3 is 2.79 bits per heavy atom. The second kappa shape index (κ2) is 4.76. The van der Waals surface area contributed by atoms with Crippen molar-refractivity contribution in [2.75, 3.05) is 6.61 Å². The van der Waals surface area contributed by atoms with E-state index >= 15 is 0 Å². The summed E-state index contributed by atoms with van der Waals surface area (Å²) in [6.45, 7) is 0.801. The zero-order chi connectivity index (χ0) is 14.4. The fourth-order valence-electron chi connectivity index (χ4n) is 1.93. The van der Waals surface area contributed by atoms with Crippen LogP contribution in [0.1, 0.15) is 13.2 Å². The highest BCUT2D eigenvalue weighted by molar-refractivity contribution is 7.71. The fraction of sp³-hybridized carbons (Fsp3) is 0.600. The summed E-state index contributed by atoms with van der Waals surface area (Å²) < 4.78 is 19.0. The van der Waals surface area contributed by atoms with Crippen LogP contribution in [0.5, 0.6) is 0 Å². The molecule has 106 valence electrons. The summed E-state index contributed by atoms with van der Waals surface area (Å²) in [6.07, 6.45) is -3.44. The summed E-state index contributed by atoms with van der Waals surface area (Å²) in [5, 5.41) is 28.8. The molecule has 0 bridgehead atoms. The van der Waals surface area contributed by atoms with Gasteiger partial charge in [-0.25, -0.2) is 9.18 Å². The van der Waals surface area contributed by atoms with Gasteiger partial charge in [0, 0.05) is 0 Å². The number of aliphatic hydroxyl groups is 3. The van der Waals surface area contributed by atoms with E-state index in [4.69, 9.17) is 9.84 Å². The van der Waals surface area contributed by atoms with Crippen LogP contribution in [0.15, 0.2) is 11.0 Å². The lowest BCUT2D eigenvalue weighted by Crippen LogP contribution is -2.43. The number of hydrogen-bond acceptors (Lipinski definition) is 6. The molecule has 4 N–H and O–H groups in total. The molecule has 1 aromatic rings. The Balaban J connectivity index is 2.47. The molecule has 0 amide bonds. The number of rotatable bonds is 2. The van der Waals surface area contributed by atoms with Gasteiger partial charge < -0.3 is 20.1 Å². The molecule has 0 aromatic carbocycles. The zero-order valence-corrected chi connectivity index (χ0v) is 10.7. The van der Waals surface area contributed by atoms with Gasteiger partial charge in [-0.3, -0.25) is 9.55 Å². The molecular weight excluding hydrogens is 279 g/mol. The van der Waals surface area contributed by atoms with Crippen molar-refractivity contribution in [1.82, 2.24) is 9.55 Å². The first-order valence-corrected chi connectivity index (χ1v) is 5.87. The Morgan fingerprint density at radius 2 is 2.26 bits per heavy atom. The highest BCUT2D eigenvalue weighted by Crippen LogP contribution is 2.35. The number of aromatic nitrogens is 2. The minimum Gasteiger partial charge on any atom is -0.393 e. The molecular formula is C10H13FN2O5S. The van der Waals surface area contributed by atoms with Crippen molar-refractivity contribution in [2.45, 2.75) is 31.0 Å². The molecule has 1 aliphatic heterocycles. The van der Waals surface area contributed by atoms with E-state index in [0.717, 1.165) is 10.8 Å². The molecule has 0 radical (unpaired) electrons. The van der Waals surface area contributed by atoms with Gasteiger partial charge in [0.1, 0.15) is 22.4 Å². The largest absolute Gasteiger partial charge is 0.393 e. The van der Waals surface area contributed by atoms with Crippen LogP contribution in [0, 0.1) is 10.5 Å². The molecule has 7 nitrogen and oxygen atoms in total. The van der Waals surface area contributed by atoms with E-state index < -0.39 is 42.2 Å². The molecule has 1 aromatic heterocycles. The molecule has 2 heterocycles. The van der Waals surface area contributed by atoms with Crippen LogP contribution in [0.2, 0.25) is 0 Å². The smallest absolute Gasteiger partial charge is 0.328 e. The first-order valence-electron chi connectivity index (χ1n) is 5.46. The van der Waals surface area contributed by atoms with Gasteiger partial charge in [0.25, 0.3) is 0 Å². The summed E-state index contributed by atoms with van der Waals surface area (Å²) in [4.78, 5) is 13.7. The Morgan fingerprint density at radius 1 is 1.63 bits per heavy atom. The number of nitrogens with one attached hydrogen (secondary N) is 1. The molecule has 19 heavy (non-hydrogen) atoms. The number of halogens is 1. The summed E-state index contributed by atoms with van der Waals surface area (Å²) >= 11 is 4.56. The van der Waals surface area contributed by atoms with E-state index in [1.807, 2.05) is 0 Å². The maximum atomic E-state index is 13.4. The number of hydrogen-bond donors (Lipinski definition) is 4. The minimum atomic E-state index is -1.49. The van der Waals surface area contributed by atoms with Crippen molar-refractivity contribution in [3.8, 4) is 0 Å². The van der Waals surface area contributed by atoms with Gasteiger partial charge >= 0.3 is 5.69 Å². The molecule has 1 fully saturated rings. The van der Waals surface area contributed by atoms with Crippen LogP contribution in [0.25, 0.3) is 0 Å². The van der Waals surface area contributed by atoms with Crippen molar-refractivity contribution in [3.63, 3.8) is 0 Å². The lowest BCUT2D eigenvalue weighted by atomic mass is 9.99. The fourth-order valence-corrected chi connectivity index (χ4v) is 2.07. The number of aliphatic hydroxyl groups excluding tert-OH is 3. The summed E-state index contributed by atoms with van der Waals surface area (Å²) in [6, 6.07) is 0. The number of H-pyrrole nitrogens is 1. The highest BCUT2D eigenvalue weighted by atomic mass is 32.1. The lowest BCUT2D eigenvalue weighted by molar-refractivity contribution is -0.118. The number of aromatic amines is 1. The summed E-state index contributed by atoms with van der Waals surface area (Å²) in [5.74, 6) is -0.863. The van der Waals surface area contributed by atoms with E-state index in [1.165, 1.54) is 6.92 Å². The first-order chi connectivity index (χ1) is 8.80. The summed E-state index contributed by atoms with van der Waals surface area (Å²) in [5.41, 5.74) is -2.23. The number of nitrogens with zero attached hydrogens (tertiary/aromatic N) is 1. The Hall–Kier alpha value is -1.13. The zero-order valence-electron chi connectivity index (χ0n) is 9.91. The Kier molecular flexibility index (Phi) is 3.58. The molecule has 4 atom stereocenters. The average molecular weight is 292 g/mol. The molecule has 1 saturated heterocycles. The summed E-state index contributed by atoms with van der Waals surface area (Å²) in [7, 11) is 0. The van der Waals surface area contributed by atoms with Gasteiger partial charge in [0.2, 0.25) is 0 Å².